The molecule has 2 heterocycles. The fourth-order valence-corrected chi connectivity index (χ4v) is 4.33. The van der Waals surface area contributed by atoms with E-state index in [1.165, 1.54) is 5.56 Å². The van der Waals surface area contributed by atoms with E-state index in [0.29, 0.717) is 11.7 Å². The Bertz CT molecular complexity index is 1400. The standard InChI is InChI=1S/C28H26N4O2/c1-17-9-8-12-22(15-17)26-30-27(34-31-26)24-20(4)32(23-14-13-18(2)19(3)16-23)28(33)29-25(24)21-10-6-5-7-11-21/h5-16,25H,1-4H3,(H,29,33). The fraction of sp³-hybridized carbons (Fsp3) is 0.179. The number of anilines is 1. The minimum Gasteiger partial charge on any atom is -0.334 e. The second-order valence-corrected chi connectivity index (χ2v) is 8.69. The Morgan fingerprint density at radius 3 is 2.41 bits per heavy atom. The molecule has 1 atom stereocenters. The summed E-state index contributed by atoms with van der Waals surface area (Å²) < 4.78 is 5.79. The zero-order chi connectivity index (χ0) is 23.8. The van der Waals surface area contributed by atoms with E-state index in [1.54, 1.807) is 4.90 Å². The lowest BCUT2D eigenvalue weighted by molar-refractivity contribution is 0.244. The molecule has 6 nitrogen and oxygen atoms in total. The van der Waals surface area contributed by atoms with Crippen molar-refractivity contribution in [2.45, 2.75) is 33.7 Å². The predicted octanol–water partition coefficient (Wildman–Crippen LogP) is 6.36. The summed E-state index contributed by atoms with van der Waals surface area (Å²) in [6.07, 6.45) is 0. The van der Waals surface area contributed by atoms with Gasteiger partial charge in [0.2, 0.25) is 5.82 Å². The maximum absolute atomic E-state index is 13.3. The fourth-order valence-electron chi connectivity index (χ4n) is 4.33. The van der Waals surface area contributed by atoms with Crippen molar-refractivity contribution in [2.24, 2.45) is 0 Å². The number of rotatable bonds is 4. The van der Waals surface area contributed by atoms with E-state index >= 15 is 0 Å². The van der Waals surface area contributed by atoms with Gasteiger partial charge in [-0.05, 0) is 62.6 Å². The van der Waals surface area contributed by atoms with Gasteiger partial charge in [-0.1, -0.05) is 65.3 Å². The summed E-state index contributed by atoms with van der Waals surface area (Å²) >= 11 is 0. The molecule has 1 aliphatic rings. The van der Waals surface area contributed by atoms with Gasteiger partial charge in [-0.2, -0.15) is 4.98 Å². The molecule has 0 spiro atoms. The number of aromatic nitrogens is 2. The Balaban J connectivity index is 1.66. The Labute approximate surface area is 198 Å². The van der Waals surface area contributed by atoms with Gasteiger partial charge in [0.1, 0.15) is 0 Å². The number of amides is 2. The molecule has 0 saturated carbocycles. The van der Waals surface area contributed by atoms with Crippen LogP contribution in [0.4, 0.5) is 10.5 Å². The van der Waals surface area contributed by atoms with E-state index in [0.717, 1.165) is 39.2 Å². The lowest BCUT2D eigenvalue weighted by Gasteiger charge is -2.35. The van der Waals surface area contributed by atoms with E-state index in [4.69, 9.17) is 9.51 Å². The van der Waals surface area contributed by atoms with Gasteiger partial charge in [0.05, 0.1) is 17.3 Å². The van der Waals surface area contributed by atoms with Gasteiger partial charge in [-0.3, -0.25) is 4.90 Å². The zero-order valence-electron chi connectivity index (χ0n) is 19.7. The van der Waals surface area contributed by atoms with Crippen LogP contribution in [-0.2, 0) is 0 Å². The zero-order valence-corrected chi connectivity index (χ0v) is 19.7. The second kappa shape index (κ2) is 8.63. The van der Waals surface area contributed by atoms with Crippen LogP contribution in [0.15, 0.2) is 83.0 Å². The molecule has 0 radical (unpaired) electrons. The lowest BCUT2D eigenvalue weighted by atomic mass is 9.94. The highest BCUT2D eigenvalue weighted by molar-refractivity contribution is 6.01. The predicted molar refractivity (Wildman–Crippen MR) is 133 cm³/mol. The van der Waals surface area contributed by atoms with Crippen LogP contribution < -0.4 is 10.2 Å². The Hall–Kier alpha value is -4.19. The molecule has 1 N–H and O–H groups in total. The molecule has 1 unspecified atom stereocenters. The normalized spacial score (nSPS) is 16.1. The summed E-state index contributed by atoms with van der Waals surface area (Å²) in [5.41, 5.74) is 7.55. The monoisotopic (exact) mass is 450 g/mol. The summed E-state index contributed by atoms with van der Waals surface area (Å²) in [6.45, 7) is 8.05. The molecule has 2 amide bonds. The average Bonchev–Trinajstić information content (AvgIpc) is 3.31. The number of hydrogen-bond donors (Lipinski definition) is 1. The summed E-state index contributed by atoms with van der Waals surface area (Å²) in [7, 11) is 0. The molecule has 0 fully saturated rings. The Kier molecular flexibility index (Phi) is 5.49. The van der Waals surface area contributed by atoms with Crippen molar-refractivity contribution in [2.75, 3.05) is 4.90 Å². The van der Waals surface area contributed by atoms with Gasteiger partial charge >= 0.3 is 6.03 Å². The Morgan fingerprint density at radius 2 is 1.68 bits per heavy atom. The van der Waals surface area contributed by atoms with Gasteiger partial charge in [-0.15, -0.1) is 0 Å². The van der Waals surface area contributed by atoms with Crippen molar-refractivity contribution in [3.63, 3.8) is 0 Å². The number of allylic oxidation sites excluding steroid dienone is 1. The second-order valence-electron chi connectivity index (χ2n) is 8.69. The summed E-state index contributed by atoms with van der Waals surface area (Å²) in [5, 5.41) is 7.41. The Morgan fingerprint density at radius 1 is 0.882 bits per heavy atom. The molecule has 0 bridgehead atoms. The van der Waals surface area contributed by atoms with Gasteiger partial charge in [0.15, 0.2) is 0 Å². The molecule has 1 aromatic heterocycles. The molecule has 1 aliphatic heterocycles. The molecular formula is C28H26N4O2. The van der Waals surface area contributed by atoms with E-state index in [2.05, 4.69) is 17.4 Å². The highest BCUT2D eigenvalue weighted by Gasteiger charge is 2.36. The highest BCUT2D eigenvalue weighted by Crippen LogP contribution is 2.39. The van der Waals surface area contributed by atoms with Gasteiger partial charge in [-0.25, -0.2) is 4.79 Å². The SMILES string of the molecule is CC1=C(c2nc(-c3cccc(C)c3)no2)C(c2ccccc2)NC(=O)N1c1ccc(C)c(C)c1. The van der Waals surface area contributed by atoms with Crippen LogP contribution in [0.2, 0.25) is 0 Å². The largest absolute Gasteiger partial charge is 0.334 e. The van der Waals surface area contributed by atoms with Crippen LogP contribution in [0.5, 0.6) is 0 Å². The van der Waals surface area contributed by atoms with Crippen molar-refractivity contribution in [1.29, 1.82) is 0 Å². The van der Waals surface area contributed by atoms with Crippen LogP contribution in [0, 0.1) is 20.8 Å². The summed E-state index contributed by atoms with van der Waals surface area (Å²) in [5.74, 6) is 0.900. The van der Waals surface area contributed by atoms with Crippen LogP contribution in [0.25, 0.3) is 17.0 Å². The first-order valence-electron chi connectivity index (χ1n) is 11.3. The molecule has 5 rings (SSSR count). The first kappa shape index (κ1) is 21.6. The molecule has 34 heavy (non-hydrogen) atoms. The van der Waals surface area contributed by atoms with Gasteiger partial charge < -0.3 is 9.84 Å². The third kappa shape index (κ3) is 3.88. The number of benzene rings is 3. The quantitative estimate of drug-likeness (QED) is 0.392. The van der Waals surface area contributed by atoms with Crippen LogP contribution >= 0.6 is 0 Å². The smallest absolute Gasteiger partial charge is 0.326 e. The third-order valence-electron chi connectivity index (χ3n) is 6.30. The van der Waals surface area contributed by atoms with E-state index in [-0.39, 0.29) is 6.03 Å². The van der Waals surface area contributed by atoms with Crippen molar-refractivity contribution >= 4 is 17.3 Å². The molecule has 4 aromatic rings. The minimum absolute atomic E-state index is 0.197. The third-order valence-corrected chi connectivity index (χ3v) is 6.30. The number of carbonyl (C=O) groups excluding carboxylic acids is 1. The van der Waals surface area contributed by atoms with E-state index < -0.39 is 6.04 Å². The number of carbonyl (C=O) groups is 1. The number of hydrogen-bond acceptors (Lipinski definition) is 4. The summed E-state index contributed by atoms with van der Waals surface area (Å²) in [6, 6.07) is 23.2. The molecule has 0 saturated heterocycles. The van der Waals surface area contributed by atoms with Gasteiger partial charge in [0.25, 0.3) is 5.89 Å². The average molecular weight is 451 g/mol. The van der Waals surface area contributed by atoms with Crippen LogP contribution in [0.1, 0.15) is 41.1 Å². The summed E-state index contributed by atoms with van der Waals surface area (Å²) in [4.78, 5) is 19.8. The van der Waals surface area contributed by atoms with Crippen molar-refractivity contribution in [1.82, 2.24) is 15.5 Å². The molecule has 0 aliphatic carbocycles. The minimum atomic E-state index is -0.415. The maximum Gasteiger partial charge on any atom is 0.326 e. The van der Waals surface area contributed by atoms with Crippen molar-refractivity contribution < 1.29 is 9.32 Å². The number of aryl methyl sites for hydroxylation is 3. The molecule has 170 valence electrons. The van der Waals surface area contributed by atoms with Crippen LogP contribution in [-0.4, -0.2) is 16.2 Å². The van der Waals surface area contributed by atoms with Crippen molar-refractivity contribution in [3.8, 4) is 11.4 Å². The highest BCUT2D eigenvalue weighted by atomic mass is 16.5. The van der Waals surface area contributed by atoms with E-state index in [9.17, 15) is 4.79 Å². The van der Waals surface area contributed by atoms with E-state index in [1.807, 2.05) is 93.6 Å². The molecule has 6 heteroatoms. The molecule has 3 aromatic carbocycles. The molecular weight excluding hydrogens is 424 g/mol. The maximum atomic E-state index is 13.3. The lowest BCUT2D eigenvalue weighted by Crippen LogP contribution is -2.46. The first-order chi connectivity index (χ1) is 16.4. The first-order valence-corrected chi connectivity index (χ1v) is 11.3. The number of nitrogens with zero attached hydrogens (tertiary/aromatic N) is 3. The van der Waals surface area contributed by atoms with Gasteiger partial charge in [0, 0.05) is 11.3 Å². The number of urea groups is 1. The van der Waals surface area contributed by atoms with Crippen molar-refractivity contribution in [3.05, 3.63) is 107 Å². The number of nitrogens with one attached hydrogen (secondary N) is 1. The van der Waals surface area contributed by atoms with Crippen LogP contribution in [0.3, 0.4) is 0 Å². The topological polar surface area (TPSA) is 71.3 Å².